The van der Waals surface area contributed by atoms with Gasteiger partial charge in [-0.2, -0.15) is 4.73 Å². The highest BCUT2D eigenvalue weighted by Crippen LogP contribution is 2.35. The number of hydrogen-bond acceptors (Lipinski definition) is 3. The molecule has 0 unspecified atom stereocenters. The molecule has 1 saturated carbocycles. The van der Waals surface area contributed by atoms with Crippen molar-refractivity contribution in [2.45, 2.75) is 58.4 Å². The van der Waals surface area contributed by atoms with Crippen molar-refractivity contribution < 1.29 is 9.63 Å². The molecule has 1 amide bonds. The third kappa shape index (κ3) is 3.27. The second kappa shape index (κ2) is 5.91. The van der Waals surface area contributed by atoms with E-state index in [0.29, 0.717) is 12.5 Å². The van der Waals surface area contributed by atoms with Gasteiger partial charge in [0.1, 0.15) is 9.53 Å². The van der Waals surface area contributed by atoms with E-state index in [-0.39, 0.29) is 11.6 Å². The zero-order chi connectivity index (χ0) is 14.9. The van der Waals surface area contributed by atoms with Crippen LogP contribution in [0.5, 0.6) is 0 Å². The van der Waals surface area contributed by atoms with Crippen LogP contribution in [0, 0.1) is 3.70 Å². The van der Waals surface area contributed by atoms with Crippen LogP contribution in [0.4, 0.5) is 4.79 Å². The molecule has 1 aromatic rings. The van der Waals surface area contributed by atoms with Crippen molar-refractivity contribution in [3.8, 4) is 0 Å². The summed E-state index contributed by atoms with van der Waals surface area (Å²) in [5.74, 6) is 1.30. The Labute approximate surface area is 133 Å². The maximum Gasteiger partial charge on any atom is 0.435 e. The van der Waals surface area contributed by atoms with Gasteiger partial charge < -0.3 is 9.74 Å². The van der Waals surface area contributed by atoms with Gasteiger partial charge in [-0.3, -0.25) is 0 Å². The molecule has 0 spiro atoms. The van der Waals surface area contributed by atoms with Gasteiger partial charge in [0.2, 0.25) is 0 Å². The highest BCUT2D eigenvalue weighted by atomic mass is 127. The summed E-state index contributed by atoms with van der Waals surface area (Å²) in [4.78, 5) is 24.1. The van der Waals surface area contributed by atoms with Crippen molar-refractivity contribution in [3.63, 3.8) is 0 Å². The molecule has 0 radical (unpaired) electrons. The minimum Gasteiger partial charge on any atom is -0.316 e. The summed E-state index contributed by atoms with van der Waals surface area (Å²) in [6.45, 7) is 8.58. The largest absolute Gasteiger partial charge is 0.435 e. The SMILES string of the molecule is CCN(C(=O)On1cc(I)nc1C1CCC1)C(C)(C)C. The normalized spacial score (nSPS) is 15.8. The summed E-state index contributed by atoms with van der Waals surface area (Å²) in [6.07, 6.45) is 4.94. The molecule has 1 aliphatic rings. The minimum absolute atomic E-state index is 0.254. The first-order chi connectivity index (χ1) is 9.32. The van der Waals surface area contributed by atoms with E-state index in [0.717, 1.165) is 22.4 Å². The molecule has 1 fully saturated rings. The van der Waals surface area contributed by atoms with Gasteiger partial charge in [-0.1, -0.05) is 6.42 Å². The summed E-state index contributed by atoms with van der Waals surface area (Å²) in [5.41, 5.74) is -0.254. The molecule has 1 aliphatic carbocycles. The predicted octanol–water partition coefficient (Wildman–Crippen LogP) is 3.42. The van der Waals surface area contributed by atoms with Gasteiger partial charge >= 0.3 is 6.09 Å². The Kier molecular flexibility index (Phi) is 4.61. The quantitative estimate of drug-likeness (QED) is 0.742. The van der Waals surface area contributed by atoms with E-state index < -0.39 is 0 Å². The number of nitrogens with zero attached hydrogens (tertiary/aromatic N) is 3. The van der Waals surface area contributed by atoms with Crippen LogP contribution in [0.2, 0.25) is 0 Å². The lowest BCUT2D eigenvalue weighted by molar-refractivity contribution is 0.0584. The van der Waals surface area contributed by atoms with E-state index in [9.17, 15) is 4.79 Å². The molecule has 0 saturated heterocycles. The Morgan fingerprint density at radius 2 is 2.20 bits per heavy atom. The Balaban J connectivity index is 2.15. The van der Waals surface area contributed by atoms with Crippen LogP contribution in [-0.4, -0.2) is 32.8 Å². The molecule has 0 atom stereocenters. The van der Waals surface area contributed by atoms with Crippen molar-refractivity contribution in [3.05, 3.63) is 15.7 Å². The molecular weight excluding hydrogens is 369 g/mol. The maximum absolute atomic E-state index is 12.3. The molecule has 2 rings (SSSR count). The zero-order valence-electron chi connectivity index (χ0n) is 12.5. The fourth-order valence-corrected chi connectivity index (χ4v) is 2.87. The lowest BCUT2D eigenvalue weighted by atomic mass is 9.85. The van der Waals surface area contributed by atoms with Gasteiger partial charge in [-0.05, 0) is 63.1 Å². The maximum atomic E-state index is 12.3. The number of aromatic nitrogens is 2. The number of carbonyl (C=O) groups is 1. The van der Waals surface area contributed by atoms with Crippen LogP contribution in [0.25, 0.3) is 0 Å². The molecule has 0 bridgehead atoms. The van der Waals surface area contributed by atoms with Gasteiger partial charge in [0.15, 0.2) is 0 Å². The Morgan fingerprint density at radius 1 is 1.55 bits per heavy atom. The van der Waals surface area contributed by atoms with Crippen molar-refractivity contribution in [1.82, 2.24) is 14.6 Å². The van der Waals surface area contributed by atoms with Crippen molar-refractivity contribution in [2.24, 2.45) is 0 Å². The van der Waals surface area contributed by atoms with E-state index >= 15 is 0 Å². The first-order valence-corrected chi connectivity index (χ1v) is 8.15. The molecule has 1 heterocycles. The second-order valence-electron chi connectivity index (χ2n) is 6.15. The van der Waals surface area contributed by atoms with Gasteiger partial charge in [-0.25, -0.2) is 9.78 Å². The molecule has 6 heteroatoms. The second-order valence-corrected chi connectivity index (χ2v) is 7.25. The molecule has 112 valence electrons. The Bertz CT molecular complexity index is 489. The van der Waals surface area contributed by atoms with E-state index in [1.807, 2.05) is 27.7 Å². The zero-order valence-corrected chi connectivity index (χ0v) is 14.7. The molecule has 1 aromatic heterocycles. The Hall–Kier alpha value is -0.790. The van der Waals surface area contributed by atoms with Crippen molar-refractivity contribution in [2.75, 3.05) is 6.54 Å². The average molecular weight is 391 g/mol. The fourth-order valence-electron chi connectivity index (χ4n) is 2.37. The van der Waals surface area contributed by atoms with Gasteiger partial charge in [0.25, 0.3) is 0 Å². The number of rotatable bonds is 3. The third-order valence-corrected chi connectivity index (χ3v) is 4.18. The summed E-state index contributed by atoms with van der Waals surface area (Å²) in [7, 11) is 0. The third-order valence-electron chi connectivity index (χ3n) is 3.66. The fraction of sp³-hybridized carbons (Fsp3) is 0.714. The number of carbonyl (C=O) groups excluding carboxylic acids is 1. The van der Waals surface area contributed by atoms with E-state index in [1.165, 1.54) is 6.42 Å². The van der Waals surface area contributed by atoms with E-state index in [1.54, 1.807) is 15.8 Å². The summed E-state index contributed by atoms with van der Waals surface area (Å²) in [6, 6.07) is 0. The topological polar surface area (TPSA) is 47.4 Å². The number of halogens is 1. The summed E-state index contributed by atoms with van der Waals surface area (Å²) in [5, 5.41) is 0. The summed E-state index contributed by atoms with van der Waals surface area (Å²) >= 11 is 2.15. The van der Waals surface area contributed by atoms with Crippen molar-refractivity contribution in [1.29, 1.82) is 0 Å². The monoisotopic (exact) mass is 391 g/mol. The molecule has 0 aromatic carbocycles. The smallest absolute Gasteiger partial charge is 0.316 e. The van der Waals surface area contributed by atoms with Gasteiger partial charge in [0.05, 0.1) is 6.20 Å². The lowest BCUT2D eigenvalue weighted by Gasteiger charge is -2.33. The summed E-state index contributed by atoms with van der Waals surface area (Å²) < 4.78 is 2.42. The van der Waals surface area contributed by atoms with Crippen LogP contribution >= 0.6 is 22.6 Å². The molecule has 5 nitrogen and oxygen atoms in total. The molecule has 20 heavy (non-hydrogen) atoms. The molecule has 0 N–H and O–H groups in total. The van der Waals surface area contributed by atoms with Crippen LogP contribution in [0.15, 0.2) is 6.20 Å². The number of hydrogen-bond donors (Lipinski definition) is 0. The standard InChI is InChI=1S/C14H22IN3O2/c1-5-17(14(2,3)4)13(19)20-18-9-11(15)16-12(18)10-7-6-8-10/h9-10H,5-8H2,1-4H3. The number of amides is 1. The molecule has 0 aliphatic heterocycles. The van der Waals surface area contributed by atoms with E-state index in [2.05, 4.69) is 27.6 Å². The first-order valence-electron chi connectivity index (χ1n) is 7.07. The first kappa shape index (κ1) is 15.6. The molecular formula is C14H22IN3O2. The Morgan fingerprint density at radius 3 is 2.65 bits per heavy atom. The van der Waals surface area contributed by atoms with Gasteiger partial charge in [0, 0.05) is 18.0 Å². The highest BCUT2D eigenvalue weighted by Gasteiger charge is 2.30. The van der Waals surface area contributed by atoms with Crippen LogP contribution in [-0.2, 0) is 0 Å². The van der Waals surface area contributed by atoms with Crippen LogP contribution in [0.3, 0.4) is 0 Å². The average Bonchev–Trinajstić information content (AvgIpc) is 2.55. The van der Waals surface area contributed by atoms with Crippen LogP contribution < -0.4 is 4.84 Å². The van der Waals surface area contributed by atoms with Crippen molar-refractivity contribution >= 4 is 28.7 Å². The van der Waals surface area contributed by atoms with Crippen LogP contribution in [0.1, 0.15) is 58.7 Å². The predicted molar refractivity (Wildman–Crippen MR) is 85.6 cm³/mol. The number of imidazole rings is 1. The minimum atomic E-state index is -0.325. The highest BCUT2D eigenvalue weighted by molar-refractivity contribution is 14.1. The van der Waals surface area contributed by atoms with E-state index in [4.69, 9.17) is 4.84 Å². The lowest BCUT2D eigenvalue weighted by Crippen LogP contribution is -2.48. The van der Waals surface area contributed by atoms with Gasteiger partial charge in [-0.15, -0.1) is 0 Å².